The van der Waals surface area contributed by atoms with Gasteiger partial charge < -0.3 is 5.32 Å². The van der Waals surface area contributed by atoms with E-state index in [1.54, 1.807) is 12.1 Å². The van der Waals surface area contributed by atoms with Crippen molar-refractivity contribution in [1.82, 2.24) is 10.0 Å². The number of sulfonamides is 1. The van der Waals surface area contributed by atoms with E-state index in [0.29, 0.717) is 12.0 Å². The van der Waals surface area contributed by atoms with Crippen molar-refractivity contribution in [3.8, 4) is 11.1 Å². The molecule has 0 spiro atoms. The van der Waals surface area contributed by atoms with Gasteiger partial charge in [-0.25, -0.2) is 13.1 Å². The Morgan fingerprint density at radius 1 is 0.920 bits per heavy atom. The smallest absolute Gasteiger partial charge is 0.251 e. The van der Waals surface area contributed by atoms with Gasteiger partial charge in [-0.3, -0.25) is 4.79 Å². The fourth-order valence-electron chi connectivity index (χ4n) is 2.34. The van der Waals surface area contributed by atoms with E-state index in [9.17, 15) is 13.2 Å². The van der Waals surface area contributed by atoms with Crippen LogP contribution in [0, 0.1) is 0 Å². The fourth-order valence-corrected chi connectivity index (χ4v) is 3.56. The topological polar surface area (TPSA) is 75.3 Å². The molecule has 0 saturated carbocycles. The predicted molar refractivity (Wildman–Crippen MR) is 101 cm³/mol. The highest BCUT2D eigenvalue weighted by molar-refractivity contribution is 7.89. The van der Waals surface area contributed by atoms with E-state index in [0.717, 1.165) is 17.5 Å². The molecule has 5 nitrogen and oxygen atoms in total. The third kappa shape index (κ3) is 6.32. The largest absolute Gasteiger partial charge is 0.351 e. The summed E-state index contributed by atoms with van der Waals surface area (Å²) in [7, 11) is -3.24. The molecule has 0 bridgehead atoms. The van der Waals surface area contributed by atoms with Gasteiger partial charge >= 0.3 is 0 Å². The lowest BCUT2D eigenvalue weighted by molar-refractivity contribution is 0.0954. The maximum Gasteiger partial charge on any atom is 0.251 e. The number of hydrogen-bond donors (Lipinski definition) is 2. The van der Waals surface area contributed by atoms with Crippen LogP contribution >= 0.6 is 0 Å². The lowest BCUT2D eigenvalue weighted by Gasteiger charge is -2.08. The second-order valence-electron chi connectivity index (χ2n) is 5.77. The number of unbranched alkanes of at least 4 members (excludes halogenated alkanes) is 1. The molecule has 134 valence electrons. The highest BCUT2D eigenvalue weighted by Crippen LogP contribution is 2.19. The maximum absolute atomic E-state index is 12.1. The minimum absolute atomic E-state index is 0.123. The maximum atomic E-state index is 12.1. The van der Waals surface area contributed by atoms with E-state index in [-0.39, 0.29) is 24.7 Å². The van der Waals surface area contributed by atoms with Crippen LogP contribution in [0.5, 0.6) is 0 Å². The summed E-state index contributed by atoms with van der Waals surface area (Å²) in [6.45, 7) is 2.39. The van der Waals surface area contributed by atoms with Gasteiger partial charge in [-0.05, 0) is 29.7 Å². The van der Waals surface area contributed by atoms with Gasteiger partial charge in [-0.15, -0.1) is 0 Å². The average molecular weight is 360 g/mol. The molecule has 0 radical (unpaired) electrons. The quantitative estimate of drug-likeness (QED) is 0.675. The molecule has 0 saturated heterocycles. The molecule has 0 unspecified atom stereocenters. The number of carbonyl (C=O) groups excluding carboxylic acids is 1. The second kappa shape index (κ2) is 9.34. The summed E-state index contributed by atoms with van der Waals surface area (Å²) in [6.07, 6.45) is 1.46. The Labute approximate surface area is 149 Å². The van der Waals surface area contributed by atoms with Crippen LogP contribution in [0.15, 0.2) is 54.6 Å². The van der Waals surface area contributed by atoms with Crippen LogP contribution in [0.1, 0.15) is 30.1 Å². The van der Waals surface area contributed by atoms with Gasteiger partial charge in [0.15, 0.2) is 0 Å². The SMILES string of the molecule is CCCCS(=O)(=O)NCCNC(=O)c1ccc(-c2ccccc2)cc1. The zero-order valence-electron chi connectivity index (χ0n) is 14.4. The van der Waals surface area contributed by atoms with Crippen molar-refractivity contribution in [3.05, 3.63) is 60.2 Å². The van der Waals surface area contributed by atoms with Crippen molar-refractivity contribution in [2.75, 3.05) is 18.8 Å². The van der Waals surface area contributed by atoms with E-state index >= 15 is 0 Å². The summed E-state index contributed by atoms with van der Waals surface area (Å²) in [4.78, 5) is 12.1. The fraction of sp³-hybridized carbons (Fsp3) is 0.316. The normalized spacial score (nSPS) is 11.2. The van der Waals surface area contributed by atoms with Gasteiger partial charge in [0.05, 0.1) is 5.75 Å². The van der Waals surface area contributed by atoms with Crippen LogP contribution in [0.4, 0.5) is 0 Å². The summed E-state index contributed by atoms with van der Waals surface area (Å²) in [6, 6.07) is 17.3. The van der Waals surface area contributed by atoms with E-state index in [2.05, 4.69) is 10.0 Å². The predicted octanol–water partition coefficient (Wildman–Crippen LogP) is 2.80. The first-order valence-electron chi connectivity index (χ1n) is 8.43. The first-order chi connectivity index (χ1) is 12.0. The first kappa shape index (κ1) is 19.1. The lowest BCUT2D eigenvalue weighted by Crippen LogP contribution is -2.35. The Balaban J connectivity index is 1.81. The molecule has 6 heteroatoms. The van der Waals surface area contributed by atoms with Crippen molar-refractivity contribution in [3.63, 3.8) is 0 Å². The van der Waals surface area contributed by atoms with Crippen LogP contribution in [0.3, 0.4) is 0 Å². The number of carbonyl (C=O) groups is 1. The van der Waals surface area contributed by atoms with Gasteiger partial charge in [0, 0.05) is 18.7 Å². The second-order valence-corrected chi connectivity index (χ2v) is 7.69. The minimum atomic E-state index is -3.24. The van der Waals surface area contributed by atoms with Crippen LogP contribution in [0.2, 0.25) is 0 Å². The Morgan fingerprint density at radius 2 is 1.56 bits per heavy atom. The highest BCUT2D eigenvalue weighted by atomic mass is 32.2. The molecule has 0 aliphatic heterocycles. The Bertz CT molecular complexity index is 772. The number of rotatable bonds is 9. The molecular weight excluding hydrogens is 336 g/mol. The van der Waals surface area contributed by atoms with Crippen LogP contribution in [-0.4, -0.2) is 33.2 Å². The van der Waals surface area contributed by atoms with E-state index in [1.807, 2.05) is 49.4 Å². The number of hydrogen-bond acceptors (Lipinski definition) is 3. The summed E-state index contributed by atoms with van der Waals surface area (Å²) in [5.74, 6) is -0.0920. The van der Waals surface area contributed by atoms with Gasteiger partial charge in [-0.1, -0.05) is 55.8 Å². The van der Waals surface area contributed by atoms with Crippen molar-refractivity contribution < 1.29 is 13.2 Å². The van der Waals surface area contributed by atoms with Crippen LogP contribution in [0.25, 0.3) is 11.1 Å². The Kier molecular flexibility index (Phi) is 7.16. The molecule has 2 N–H and O–H groups in total. The molecular formula is C19H24N2O3S. The van der Waals surface area contributed by atoms with Gasteiger partial charge in [0.25, 0.3) is 5.91 Å². The van der Waals surface area contributed by atoms with Crippen molar-refractivity contribution in [1.29, 1.82) is 0 Å². The van der Waals surface area contributed by atoms with E-state index in [1.165, 1.54) is 0 Å². The lowest BCUT2D eigenvalue weighted by atomic mass is 10.0. The summed E-state index contributed by atoms with van der Waals surface area (Å²) in [5.41, 5.74) is 2.69. The summed E-state index contributed by atoms with van der Waals surface area (Å²) < 4.78 is 25.8. The molecule has 0 atom stereocenters. The van der Waals surface area contributed by atoms with Gasteiger partial charge in [-0.2, -0.15) is 0 Å². The molecule has 0 aliphatic rings. The zero-order chi connectivity index (χ0) is 18.1. The number of benzene rings is 2. The molecule has 25 heavy (non-hydrogen) atoms. The molecule has 0 fully saturated rings. The minimum Gasteiger partial charge on any atom is -0.351 e. The molecule has 2 rings (SSSR count). The summed E-state index contributed by atoms with van der Waals surface area (Å²) in [5, 5.41) is 2.72. The standard InChI is InChI=1S/C19H24N2O3S/c1-2-3-15-25(23,24)21-14-13-20-19(22)18-11-9-17(10-12-18)16-7-5-4-6-8-16/h4-12,21H,2-3,13-15H2,1H3,(H,20,22). The van der Waals surface area contributed by atoms with Gasteiger partial charge in [0.1, 0.15) is 0 Å². The third-order valence-corrected chi connectivity index (χ3v) is 5.22. The molecule has 2 aromatic rings. The molecule has 0 aliphatic carbocycles. The first-order valence-corrected chi connectivity index (χ1v) is 10.1. The monoisotopic (exact) mass is 360 g/mol. The van der Waals surface area contributed by atoms with Crippen molar-refractivity contribution in [2.45, 2.75) is 19.8 Å². The molecule has 0 aromatic heterocycles. The van der Waals surface area contributed by atoms with E-state index < -0.39 is 10.0 Å². The Hall–Kier alpha value is -2.18. The molecule has 0 heterocycles. The van der Waals surface area contributed by atoms with Crippen LogP contribution in [-0.2, 0) is 10.0 Å². The Morgan fingerprint density at radius 3 is 2.20 bits per heavy atom. The number of nitrogens with one attached hydrogen (secondary N) is 2. The summed E-state index contributed by atoms with van der Waals surface area (Å²) >= 11 is 0. The molecule has 2 aromatic carbocycles. The average Bonchev–Trinajstić information content (AvgIpc) is 2.64. The van der Waals surface area contributed by atoms with Crippen LogP contribution < -0.4 is 10.0 Å². The van der Waals surface area contributed by atoms with E-state index in [4.69, 9.17) is 0 Å². The molecule has 1 amide bonds. The van der Waals surface area contributed by atoms with Crippen molar-refractivity contribution >= 4 is 15.9 Å². The zero-order valence-corrected chi connectivity index (χ0v) is 15.2. The van der Waals surface area contributed by atoms with Gasteiger partial charge in [0.2, 0.25) is 10.0 Å². The highest BCUT2D eigenvalue weighted by Gasteiger charge is 2.09. The number of amides is 1. The third-order valence-electron chi connectivity index (χ3n) is 3.75. The van der Waals surface area contributed by atoms with Crippen molar-refractivity contribution in [2.24, 2.45) is 0 Å².